The first-order valence-electron chi connectivity index (χ1n) is 14.0. The van der Waals surface area contributed by atoms with Crippen molar-refractivity contribution in [2.24, 2.45) is 0 Å². The van der Waals surface area contributed by atoms with Gasteiger partial charge < -0.3 is 20.1 Å². The number of anilines is 2. The molecule has 2 aliphatic rings. The SMILES string of the molecule is Cc1ccc2c(NS(=O)(=O)C3CCC3)cccc2c1Oc1ncccc1-c1ccnc(N[C@H]2CCCN(C(=O)O)C2)n1. The molecule has 1 aliphatic carbocycles. The first-order chi connectivity index (χ1) is 20.3. The summed E-state index contributed by atoms with van der Waals surface area (Å²) in [4.78, 5) is 26.4. The molecule has 3 N–H and O–H groups in total. The molecule has 1 aliphatic heterocycles. The van der Waals surface area contributed by atoms with Crippen molar-refractivity contribution >= 4 is 38.5 Å². The van der Waals surface area contributed by atoms with E-state index in [1.807, 2.05) is 37.3 Å². The molecule has 0 bridgehead atoms. The van der Waals surface area contributed by atoms with Gasteiger partial charge in [-0.15, -0.1) is 0 Å². The van der Waals surface area contributed by atoms with Crippen molar-refractivity contribution in [2.75, 3.05) is 23.1 Å². The van der Waals surface area contributed by atoms with Crippen molar-refractivity contribution in [3.05, 3.63) is 66.5 Å². The van der Waals surface area contributed by atoms with Crippen molar-refractivity contribution in [3.8, 4) is 22.9 Å². The van der Waals surface area contributed by atoms with E-state index in [1.54, 1.807) is 30.6 Å². The van der Waals surface area contributed by atoms with Gasteiger partial charge in [-0.1, -0.05) is 30.7 Å². The lowest BCUT2D eigenvalue weighted by molar-refractivity contribution is 0.132. The molecule has 12 heteroatoms. The molecule has 2 fully saturated rings. The number of hydrogen-bond acceptors (Lipinski definition) is 8. The number of pyridine rings is 1. The van der Waals surface area contributed by atoms with Gasteiger partial charge in [0, 0.05) is 42.3 Å². The minimum atomic E-state index is -3.47. The Balaban J connectivity index is 1.29. The Bertz CT molecular complexity index is 1740. The maximum Gasteiger partial charge on any atom is 0.407 e. The number of piperidine rings is 1. The Morgan fingerprint density at radius 2 is 1.86 bits per heavy atom. The van der Waals surface area contributed by atoms with Crippen LogP contribution in [0.15, 0.2) is 60.9 Å². The third-order valence-electron chi connectivity index (χ3n) is 7.88. The molecular formula is C30H32N6O5S. The largest absolute Gasteiger partial charge is 0.465 e. The van der Waals surface area contributed by atoms with E-state index >= 15 is 0 Å². The van der Waals surface area contributed by atoms with Gasteiger partial charge in [0.25, 0.3) is 0 Å². The molecule has 3 heterocycles. The van der Waals surface area contributed by atoms with Crippen LogP contribution in [0, 0.1) is 6.92 Å². The zero-order valence-corrected chi connectivity index (χ0v) is 24.0. The molecule has 0 radical (unpaired) electrons. The maximum atomic E-state index is 12.9. The second-order valence-electron chi connectivity index (χ2n) is 10.7. The van der Waals surface area contributed by atoms with E-state index < -0.39 is 16.1 Å². The van der Waals surface area contributed by atoms with Crippen LogP contribution in [0.4, 0.5) is 16.4 Å². The number of rotatable bonds is 8. The molecule has 42 heavy (non-hydrogen) atoms. The standard InChI is InChI=1S/C30H32N6O5S/c1-19-12-13-22-23(9-3-11-26(22)35-42(39,40)21-7-2-8-21)27(19)41-28-24(10-4-15-31-28)25-14-16-32-29(34-25)33-20-6-5-17-36(18-20)30(37)38/h3-4,9-16,20-21,35H,2,5-8,17-18H2,1H3,(H,37,38)(H,32,33,34)/t20-/m0/s1. The Morgan fingerprint density at radius 3 is 2.64 bits per heavy atom. The fourth-order valence-corrected chi connectivity index (χ4v) is 6.98. The molecule has 0 spiro atoms. The van der Waals surface area contributed by atoms with Crippen LogP contribution in [0.3, 0.4) is 0 Å². The predicted molar refractivity (Wildman–Crippen MR) is 160 cm³/mol. The average Bonchev–Trinajstić information content (AvgIpc) is 2.94. The van der Waals surface area contributed by atoms with Gasteiger partial charge in [-0.05, 0) is 62.4 Å². The van der Waals surface area contributed by atoms with Crippen molar-refractivity contribution in [1.29, 1.82) is 0 Å². The highest BCUT2D eigenvalue weighted by molar-refractivity contribution is 7.93. The summed E-state index contributed by atoms with van der Waals surface area (Å²) >= 11 is 0. The van der Waals surface area contributed by atoms with Crippen molar-refractivity contribution in [2.45, 2.75) is 50.3 Å². The summed E-state index contributed by atoms with van der Waals surface area (Å²) < 4.78 is 35.0. The minimum Gasteiger partial charge on any atom is -0.465 e. The Hall–Kier alpha value is -4.45. The van der Waals surface area contributed by atoms with Gasteiger partial charge in [-0.3, -0.25) is 4.72 Å². The molecule has 2 aromatic heterocycles. The van der Waals surface area contributed by atoms with E-state index in [1.165, 1.54) is 4.90 Å². The molecule has 1 atom stereocenters. The first-order valence-corrected chi connectivity index (χ1v) is 15.6. The Labute approximate surface area is 244 Å². The average molecular weight is 589 g/mol. The second kappa shape index (κ2) is 11.4. The summed E-state index contributed by atoms with van der Waals surface area (Å²) in [6.07, 6.45) is 6.22. The van der Waals surface area contributed by atoms with Crippen molar-refractivity contribution < 1.29 is 23.1 Å². The number of carbonyl (C=O) groups is 1. The Morgan fingerprint density at radius 1 is 1.00 bits per heavy atom. The van der Waals surface area contributed by atoms with Crippen molar-refractivity contribution in [1.82, 2.24) is 19.9 Å². The van der Waals surface area contributed by atoms with Gasteiger partial charge in [0.1, 0.15) is 5.75 Å². The monoisotopic (exact) mass is 588 g/mol. The zero-order chi connectivity index (χ0) is 29.3. The molecule has 2 aromatic carbocycles. The highest BCUT2D eigenvalue weighted by Crippen LogP contribution is 2.39. The third kappa shape index (κ3) is 5.67. The number of ether oxygens (including phenoxy) is 1. The summed E-state index contributed by atoms with van der Waals surface area (Å²) in [7, 11) is -3.47. The van der Waals surface area contributed by atoms with E-state index in [0.29, 0.717) is 60.5 Å². The summed E-state index contributed by atoms with van der Waals surface area (Å²) in [5, 5.41) is 13.8. The number of hydrogen-bond donors (Lipinski definition) is 3. The summed E-state index contributed by atoms with van der Waals surface area (Å²) in [6.45, 7) is 2.81. The number of fused-ring (bicyclic) bond motifs is 1. The lowest BCUT2D eigenvalue weighted by Crippen LogP contribution is -2.44. The number of carboxylic acid groups (broad SMARTS) is 1. The molecule has 4 aromatic rings. The topological polar surface area (TPSA) is 147 Å². The molecule has 1 amide bonds. The van der Waals surface area contributed by atoms with E-state index in [0.717, 1.165) is 35.6 Å². The number of benzene rings is 2. The van der Waals surface area contributed by atoms with Crippen LogP contribution in [0.2, 0.25) is 0 Å². The molecule has 0 unspecified atom stereocenters. The zero-order valence-electron chi connectivity index (χ0n) is 23.2. The normalized spacial score (nSPS) is 17.5. The van der Waals surface area contributed by atoms with Gasteiger partial charge >= 0.3 is 6.09 Å². The fraction of sp³-hybridized carbons (Fsp3) is 0.333. The second-order valence-corrected chi connectivity index (χ2v) is 12.7. The lowest BCUT2D eigenvalue weighted by Gasteiger charge is -2.31. The van der Waals surface area contributed by atoms with Crippen LogP contribution >= 0.6 is 0 Å². The summed E-state index contributed by atoms with van der Waals surface area (Å²) in [6, 6.07) is 14.6. The van der Waals surface area contributed by atoms with E-state index in [-0.39, 0.29) is 11.3 Å². The minimum absolute atomic E-state index is 0.0936. The van der Waals surface area contributed by atoms with Crippen LogP contribution in [0.25, 0.3) is 22.0 Å². The van der Waals surface area contributed by atoms with E-state index in [2.05, 4.69) is 20.0 Å². The van der Waals surface area contributed by atoms with Gasteiger partial charge in [-0.25, -0.2) is 28.2 Å². The number of likely N-dealkylation sites (tertiary alicyclic amines) is 1. The number of amides is 1. The van der Waals surface area contributed by atoms with Crippen LogP contribution in [-0.2, 0) is 10.0 Å². The van der Waals surface area contributed by atoms with Gasteiger partial charge in [0.15, 0.2) is 0 Å². The van der Waals surface area contributed by atoms with E-state index in [4.69, 9.17) is 9.72 Å². The van der Waals surface area contributed by atoms with Crippen LogP contribution in [0.5, 0.6) is 11.6 Å². The summed E-state index contributed by atoms with van der Waals surface area (Å²) in [5.74, 6) is 1.30. The molecule has 6 rings (SSSR count). The van der Waals surface area contributed by atoms with Crippen LogP contribution in [-0.4, -0.2) is 63.9 Å². The highest BCUT2D eigenvalue weighted by Gasteiger charge is 2.31. The predicted octanol–water partition coefficient (Wildman–Crippen LogP) is 5.64. The first kappa shape index (κ1) is 27.7. The highest BCUT2D eigenvalue weighted by atomic mass is 32.2. The Kier molecular flexibility index (Phi) is 7.55. The van der Waals surface area contributed by atoms with Gasteiger partial charge in [0.2, 0.25) is 21.9 Å². The van der Waals surface area contributed by atoms with Crippen molar-refractivity contribution in [3.63, 3.8) is 0 Å². The number of aromatic nitrogens is 3. The van der Waals surface area contributed by atoms with Crippen LogP contribution in [0.1, 0.15) is 37.7 Å². The molecular weight excluding hydrogens is 556 g/mol. The number of nitrogens with zero attached hydrogens (tertiary/aromatic N) is 4. The quantitative estimate of drug-likeness (QED) is 0.238. The van der Waals surface area contributed by atoms with Gasteiger partial charge in [0.05, 0.1) is 22.2 Å². The molecule has 218 valence electrons. The fourth-order valence-electron chi connectivity index (χ4n) is 5.37. The molecule has 1 saturated heterocycles. The molecule has 11 nitrogen and oxygen atoms in total. The number of sulfonamides is 1. The third-order valence-corrected chi connectivity index (χ3v) is 9.73. The van der Waals surface area contributed by atoms with E-state index in [9.17, 15) is 18.3 Å². The number of nitrogens with one attached hydrogen (secondary N) is 2. The molecule has 1 saturated carbocycles. The number of aryl methyl sites for hydroxylation is 1. The maximum absolute atomic E-state index is 12.9. The lowest BCUT2D eigenvalue weighted by atomic mass is 10.0. The smallest absolute Gasteiger partial charge is 0.407 e. The van der Waals surface area contributed by atoms with Gasteiger partial charge in [-0.2, -0.15) is 0 Å². The summed E-state index contributed by atoms with van der Waals surface area (Å²) in [5.41, 5.74) is 2.62. The van der Waals surface area contributed by atoms with Crippen LogP contribution < -0.4 is 14.8 Å².